The molecule has 4 aromatic rings. The first-order valence-corrected chi connectivity index (χ1v) is 11.8. The van der Waals surface area contributed by atoms with E-state index in [1.54, 1.807) is 34.1 Å². The van der Waals surface area contributed by atoms with Crippen molar-refractivity contribution in [1.29, 1.82) is 0 Å². The molecule has 0 saturated carbocycles. The van der Waals surface area contributed by atoms with Gasteiger partial charge in [0.1, 0.15) is 0 Å². The van der Waals surface area contributed by atoms with Crippen LogP contribution in [0.2, 0.25) is 0 Å². The number of H-pyrrole nitrogens is 1. The molecule has 2 aromatic carbocycles. The Morgan fingerprint density at radius 2 is 1.60 bits per heavy atom. The molecule has 0 unspecified atom stereocenters. The number of benzene rings is 2. The highest BCUT2D eigenvalue weighted by atomic mass is 16.1. The molecule has 0 amide bonds. The zero-order chi connectivity index (χ0) is 24.9. The quantitative estimate of drug-likeness (QED) is 0.462. The van der Waals surface area contributed by atoms with Gasteiger partial charge in [-0.2, -0.15) is 0 Å². The molecular formula is C26H31N7O2. The highest BCUT2D eigenvalue weighted by molar-refractivity contribution is 5.91. The third kappa shape index (κ3) is 4.01. The number of fused-ring (bicyclic) bond motifs is 1. The third-order valence-electron chi connectivity index (χ3n) is 6.92. The first kappa shape index (κ1) is 22.9. The molecule has 0 aliphatic carbocycles. The minimum Gasteiger partial charge on any atom is -0.367 e. The fourth-order valence-electron chi connectivity index (χ4n) is 4.72. The van der Waals surface area contributed by atoms with E-state index in [2.05, 4.69) is 21.9 Å². The number of hydrogen-bond acceptors (Lipinski definition) is 5. The molecule has 1 aliphatic rings. The molecule has 1 aliphatic heterocycles. The topological polar surface area (TPSA) is 83.6 Å². The van der Waals surface area contributed by atoms with Crippen molar-refractivity contribution < 1.29 is 0 Å². The number of hydrogen-bond donors (Lipinski definition) is 1. The molecular weight excluding hydrogens is 442 g/mol. The maximum absolute atomic E-state index is 13.2. The van der Waals surface area contributed by atoms with Gasteiger partial charge in [-0.3, -0.25) is 24.0 Å². The molecule has 0 spiro atoms. The van der Waals surface area contributed by atoms with E-state index >= 15 is 0 Å². The number of likely N-dealkylation sites (N-methyl/N-ethyl adjacent to an activating group) is 1. The van der Waals surface area contributed by atoms with Crippen LogP contribution in [0.3, 0.4) is 0 Å². The number of piperazine rings is 1. The number of rotatable bonds is 4. The summed E-state index contributed by atoms with van der Waals surface area (Å²) in [5.41, 5.74) is 6.29. The Kier molecular flexibility index (Phi) is 5.72. The lowest BCUT2D eigenvalue weighted by molar-refractivity contribution is 0.313. The Morgan fingerprint density at radius 3 is 2.29 bits per heavy atom. The fourth-order valence-corrected chi connectivity index (χ4v) is 4.72. The number of aryl methyl sites for hydroxylation is 4. The van der Waals surface area contributed by atoms with Crippen LogP contribution in [0.25, 0.3) is 16.7 Å². The van der Waals surface area contributed by atoms with E-state index < -0.39 is 0 Å². The number of nitrogens with zero attached hydrogens (tertiary/aromatic N) is 6. The van der Waals surface area contributed by atoms with Crippen LogP contribution in [0.4, 0.5) is 11.4 Å². The number of nitrogens with one attached hydrogen (secondary N) is 1. The molecule has 1 N–H and O–H groups in total. The minimum atomic E-state index is -0.147. The maximum atomic E-state index is 13.2. The first-order valence-electron chi connectivity index (χ1n) is 11.8. The van der Waals surface area contributed by atoms with Gasteiger partial charge in [0.05, 0.1) is 33.7 Å². The molecule has 1 fully saturated rings. The molecule has 182 valence electrons. The normalized spacial score (nSPS) is 15.1. The van der Waals surface area contributed by atoms with Crippen LogP contribution < -0.4 is 16.1 Å². The highest BCUT2D eigenvalue weighted by Crippen LogP contribution is 2.34. The van der Waals surface area contributed by atoms with E-state index in [-0.39, 0.29) is 11.2 Å². The molecule has 1 saturated heterocycles. The van der Waals surface area contributed by atoms with Crippen LogP contribution >= 0.6 is 0 Å². The van der Waals surface area contributed by atoms with Crippen molar-refractivity contribution in [3.05, 3.63) is 74.1 Å². The summed E-state index contributed by atoms with van der Waals surface area (Å²) in [6.45, 7) is 7.52. The second-order valence-electron chi connectivity index (χ2n) is 9.41. The standard InChI is InChI=1S/C26H31N7O2/c1-17-7-6-8-19(13-17)33-25(34)20(18(2)28-33)16-27-21-14-23-24(31(5)26(35)30(23)4)15-22(21)32-11-9-29(3)10-12-32/h6-8,13-16,28H,9-12H2,1-5H3. The van der Waals surface area contributed by atoms with Gasteiger partial charge in [0.15, 0.2) is 0 Å². The van der Waals surface area contributed by atoms with E-state index in [9.17, 15) is 9.59 Å². The van der Waals surface area contributed by atoms with Crippen molar-refractivity contribution >= 4 is 28.6 Å². The lowest BCUT2D eigenvalue weighted by Crippen LogP contribution is -2.44. The summed E-state index contributed by atoms with van der Waals surface area (Å²) in [4.78, 5) is 35.2. The number of anilines is 1. The van der Waals surface area contributed by atoms with E-state index in [1.807, 2.05) is 50.2 Å². The predicted octanol–water partition coefficient (Wildman–Crippen LogP) is 2.48. The van der Waals surface area contributed by atoms with Crippen molar-refractivity contribution in [1.82, 2.24) is 23.8 Å². The maximum Gasteiger partial charge on any atom is 0.328 e. The smallest absolute Gasteiger partial charge is 0.328 e. The molecule has 0 radical (unpaired) electrons. The van der Waals surface area contributed by atoms with Gasteiger partial charge in [-0.25, -0.2) is 9.48 Å². The number of aromatic nitrogens is 4. The van der Waals surface area contributed by atoms with Crippen LogP contribution in [0.1, 0.15) is 16.8 Å². The average Bonchev–Trinajstić information content (AvgIpc) is 3.24. The van der Waals surface area contributed by atoms with E-state index in [4.69, 9.17) is 4.99 Å². The summed E-state index contributed by atoms with van der Waals surface area (Å²) in [6.07, 6.45) is 1.64. The monoisotopic (exact) mass is 473 g/mol. The van der Waals surface area contributed by atoms with Gasteiger partial charge in [0.2, 0.25) is 0 Å². The zero-order valence-corrected chi connectivity index (χ0v) is 20.9. The predicted molar refractivity (Wildman–Crippen MR) is 141 cm³/mol. The SMILES string of the molecule is Cc1cccc(-n2[nH]c(C)c(C=Nc3cc4c(cc3N3CCN(C)CC3)n(C)c(=O)n4C)c2=O)c1. The molecule has 9 heteroatoms. The molecule has 2 aromatic heterocycles. The molecule has 3 heterocycles. The molecule has 0 bridgehead atoms. The van der Waals surface area contributed by atoms with Gasteiger partial charge < -0.3 is 9.80 Å². The Balaban J connectivity index is 1.61. The number of aliphatic imine (C=N–C) groups is 1. The van der Waals surface area contributed by atoms with Crippen LogP contribution in [0.15, 0.2) is 51.0 Å². The molecule has 9 nitrogen and oxygen atoms in total. The van der Waals surface area contributed by atoms with E-state index in [0.29, 0.717) is 5.56 Å². The Morgan fingerprint density at radius 1 is 0.914 bits per heavy atom. The van der Waals surface area contributed by atoms with Crippen LogP contribution in [0, 0.1) is 13.8 Å². The highest BCUT2D eigenvalue weighted by Gasteiger charge is 2.20. The summed E-state index contributed by atoms with van der Waals surface area (Å²) in [7, 11) is 5.68. The van der Waals surface area contributed by atoms with Crippen LogP contribution in [-0.2, 0) is 14.1 Å². The Hall–Kier alpha value is -3.85. The summed E-state index contributed by atoms with van der Waals surface area (Å²) in [6, 6.07) is 11.8. The third-order valence-corrected chi connectivity index (χ3v) is 6.92. The first-order chi connectivity index (χ1) is 16.7. The van der Waals surface area contributed by atoms with Gasteiger partial charge in [-0.05, 0) is 50.7 Å². The van der Waals surface area contributed by atoms with Crippen molar-refractivity contribution in [3.63, 3.8) is 0 Å². The Bertz CT molecular complexity index is 1560. The van der Waals surface area contributed by atoms with E-state index in [1.165, 1.54) is 0 Å². The Labute approximate surface area is 203 Å². The molecule has 35 heavy (non-hydrogen) atoms. The van der Waals surface area contributed by atoms with Gasteiger partial charge in [0, 0.05) is 52.2 Å². The second-order valence-corrected chi connectivity index (χ2v) is 9.41. The van der Waals surface area contributed by atoms with Gasteiger partial charge in [-0.15, -0.1) is 0 Å². The van der Waals surface area contributed by atoms with Crippen molar-refractivity contribution in [2.75, 3.05) is 38.1 Å². The second kappa shape index (κ2) is 8.74. The summed E-state index contributed by atoms with van der Waals surface area (Å²) in [5, 5.41) is 3.17. The van der Waals surface area contributed by atoms with Gasteiger partial charge >= 0.3 is 5.69 Å². The van der Waals surface area contributed by atoms with Crippen molar-refractivity contribution in [2.24, 2.45) is 19.1 Å². The molecule has 5 rings (SSSR count). The summed E-state index contributed by atoms with van der Waals surface area (Å²) in [5.74, 6) is 0. The van der Waals surface area contributed by atoms with Gasteiger partial charge in [0.25, 0.3) is 5.56 Å². The van der Waals surface area contributed by atoms with Crippen LogP contribution in [-0.4, -0.2) is 63.3 Å². The van der Waals surface area contributed by atoms with Gasteiger partial charge in [-0.1, -0.05) is 12.1 Å². The molecule has 0 atom stereocenters. The van der Waals surface area contributed by atoms with E-state index in [0.717, 1.165) is 65.5 Å². The number of imidazole rings is 1. The lowest BCUT2D eigenvalue weighted by Gasteiger charge is -2.34. The fraction of sp³-hybridized carbons (Fsp3) is 0.346. The summed E-state index contributed by atoms with van der Waals surface area (Å²) < 4.78 is 4.85. The average molecular weight is 474 g/mol. The largest absolute Gasteiger partial charge is 0.367 e. The zero-order valence-electron chi connectivity index (χ0n) is 20.9. The van der Waals surface area contributed by atoms with Crippen molar-refractivity contribution in [2.45, 2.75) is 13.8 Å². The van der Waals surface area contributed by atoms with Crippen molar-refractivity contribution in [3.8, 4) is 5.69 Å². The number of aromatic amines is 1. The summed E-state index contributed by atoms with van der Waals surface area (Å²) >= 11 is 0. The minimum absolute atomic E-state index is 0.0759. The lowest BCUT2D eigenvalue weighted by atomic mass is 10.2. The van der Waals surface area contributed by atoms with Crippen LogP contribution in [0.5, 0.6) is 0 Å².